The monoisotopic (exact) mass is 267 g/mol. The van der Waals surface area contributed by atoms with Gasteiger partial charge in [0.2, 0.25) is 0 Å². The molecular formula is C15H13N3O2. The minimum absolute atomic E-state index is 0.228. The van der Waals surface area contributed by atoms with Gasteiger partial charge in [-0.25, -0.2) is 0 Å². The zero-order valence-electron chi connectivity index (χ0n) is 10.9. The van der Waals surface area contributed by atoms with Crippen LogP contribution in [0.3, 0.4) is 0 Å². The Morgan fingerprint density at radius 1 is 1.30 bits per heavy atom. The molecule has 0 saturated heterocycles. The fourth-order valence-corrected chi connectivity index (χ4v) is 2.01. The van der Waals surface area contributed by atoms with Crippen molar-refractivity contribution in [1.82, 2.24) is 4.98 Å². The molecule has 0 aliphatic carbocycles. The Hall–Kier alpha value is -2.82. The molecule has 0 unspecified atom stereocenters. The maximum Gasteiger partial charge on any atom is 0.293 e. The number of rotatable bonds is 1. The normalized spacial score (nSPS) is 15.9. The van der Waals surface area contributed by atoms with E-state index < -0.39 is 0 Å². The van der Waals surface area contributed by atoms with Crippen LogP contribution >= 0.6 is 0 Å². The fourth-order valence-electron chi connectivity index (χ4n) is 2.01. The Morgan fingerprint density at radius 3 is 2.90 bits per heavy atom. The molecule has 0 bridgehead atoms. The van der Waals surface area contributed by atoms with Gasteiger partial charge in [0, 0.05) is 25.0 Å². The number of amides is 1. The van der Waals surface area contributed by atoms with E-state index in [0.29, 0.717) is 22.8 Å². The number of benzene rings is 1. The molecule has 0 radical (unpaired) electrons. The van der Waals surface area contributed by atoms with E-state index in [9.17, 15) is 4.79 Å². The van der Waals surface area contributed by atoms with Crippen LogP contribution in [0.4, 0.5) is 11.4 Å². The molecule has 20 heavy (non-hydrogen) atoms. The SMILES string of the molecule is CN1C(=O)/C(=C\c2ccccn2)Oc2ccc(N)cc21. The summed E-state index contributed by atoms with van der Waals surface area (Å²) in [5.74, 6) is 0.612. The van der Waals surface area contributed by atoms with Gasteiger partial charge in [-0.2, -0.15) is 0 Å². The van der Waals surface area contributed by atoms with Gasteiger partial charge < -0.3 is 15.4 Å². The highest BCUT2D eigenvalue weighted by Crippen LogP contribution is 2.36. The first-order valence-electron chi connectivity index (χ1n) is 6.13. The summed E-state index contributed by atoms with van der Waals surface area (Å²) >= 11 is 0. The highest BCUT2D eigenvalue weighted by Gasteiger charge is 2.27. The number of fused-ring (bicyclic) bond motifs is 1. The van der Waals surface area contributed by atoms with Gasteiger partial charge in [0.1, 0.15) is 0 Å². The smallest absolute Gasteiger partial charge is 0.293 e. The highest BCUT2D eigenvalue weighted by atomic mass is 16.5. The quantitative estimate of drug-likeness (QED) is 0.634. The number of hydrogen-bond donors (Lipinski definition) is 1. The van der Waals surface area contributed by atoms with Crippen molar-refractivity contribution in [3.05, 3.63) is 54.0 Å². The predicted molar refractivity (Wildman–Crippen MR) is 77.1 cm³/mol. The number of nitrogens with zero attached hydrogens (tertiary/aromatic N) is 2. The highest BCUT2D eigenvalue weighted by molar-refractivity contribution is 6.09. The second-order valence-corrected chi connectivity index (χ2v) is 4.46. The number of nitrogens with two attached hydrogens (primary N) is 1. The molecule has 2 N–H and O–H groups in total. The number of pyridine rings is 1. The Morgan fingerprint density at radius 2 is 2.15 bits per heavy atom. The van der Waals surface area contributed by atoms with Crippen molar-refractivity contribution in [3.63, 3.8) is 0 Å². The second kappa shape index (κ2) is 4.70. The second-order valence-electron chi connectivity index (χ2n) is 4.46. The number of anilines is 2. The number of ether oxygens (including phenoxy) is 1. The standard InChI is InChI=1S/C15H13N3O2/c1-18-12-8-10(16)5-6-13(12)20-14(15(18)19)9-11-4-2-3-7-17-11/h2-9H,16H2,1H3/b14-9+. The molecule has 2 heterocycles. The van der Waals surface area contributed by atoms with Crippen LogP contribution in [0.5, 0.6) is 5.75 Å². The van der Waals surface area contributed by atoms with Gasteiger partial charge in [-0.15, -0.1) is 0 Å². The van der Waals surface area contributed by atoms with Crippen molar-refractivity contribution in [1.29, 1.82) is 0 Å². The first kappa shape index (κ1) is 12.2. The maximum atomic E-state index is 12.3. The van der Waals surface area contributed by atoms with Crippen molar-refractivity contribution in [2.45, 2.75) is 0 Å². The third kappa shape index (κ3) is 2.09. The summed E-state index contributed by atoms with van der Waals surface area (Å²) in [6, 6.07) is 10.7. The molecule has 1 aromatic heterocycles. The lowest BCUT2D eigenvalue weighted by Crippen LogP contribution is -2.33. The zero-order chi connectivity index (χ0) is 14.1. The molecule has 3 rings (SSSR count). The first-order valence-corrected chi connectivity index (χ1v) is 6.13. The number of carbonyl (C=O) groups is 1. The molecule has 2 aromatic rings. The third-order valence-electron chi connectivity index (χ3n) is 3.05. The molecule has 1 aliphatic heterocycles. The molecule has 0 fully saturated rings. The lowest BCUT2D eigenvalue weighted by atomic mass is 10.2. The Balaban J connectivity index is 2.03. The summed E-state index contributed by atoms with van der Waals surface area (Å²) in [6.07, 6.45) is 3.29. The van der Waals surface area contributed by atoms with E-state index in [2.05, 4.69) is 4.98 Å². The number of carbonyl (C=O) groups excluding carboxylic acids is 1. The van der Waals surface area contributed by atoms with Crippen LogP contribution in [-0.2, 0) is 4.79 Å². The van der Waals surface area contributed by atoms with Crippen LogP contribution in [0.15, 0.2) is 48.4 Å². The van der Waals surface area contributed by atoms with Crippen molar-refractivity contribution in [2.24, 2.45) is 0 Å². The summed E-state index contributed by atoms with van der Waals surface area (Å²) < 4.78 is 5.65. The Labute approximate surface area is 116 Å². The third-order valence-corrected chi connectivity index (χ3v) is 3.05. The molecule has 0 saturated carbocycles. The molecular weight excluding hydrogens is 254 g/mol. The molecule has 5 nitrogen and oxygen atoms in total. The van der Waals surface area contributed by atoms with Crippen LogP contribution < -0.4 is 15.4 Å². The van der Waals surface area contributed by atoms with Crippen LogP contribution in [0.25, 0.3) is 6.08 Å². The molecule has 1 aliphatic rings. The van der Waals surface area contributed by atoms with Gasteiger partial charge in [-0.3, -0.25) is 9.78 Å². The number of nitrogen functional groups attached to an aromatic ring is 1. The van der Waals surface area contributed by atoms with Crippen molar-refractivity contribution in [2.75, 3.05) is 17.7 Å². The van der Waals surface area contributed by atoms with Gasteiger partial charge in [0.15, 0.2) is 11.5 Å². The Kier molecular flexibility index (Phi) is 2.87. The van der Waals surface area contributed by atoms with Gasteiger partial charge >= 0.3 is 0 Å². The lowest BCUT2D eigenvalue weighted by Gasteiger charge is -2.27. The molecule has 1 amide bonds. The summed E-state index contributed by atoms with van der Waals surface area (Å²) in [5, 5.41) is 0. The van der Waals surface area contributed by atoms with Crippen LogP contribution in [0.2, 0.25) is 0 Å². The minimum atomic E-state index is -0.228. The van der Waals surface area contributed by atoms with E-state index in [0.717, 1.165) is 0 Å². The van der Waals surface area contributed by atoms with E-state index in [1.165, 1.54) is 4.90 Å². The average molecular weight is 267 g/mol. The number of likely N-dealkylation sites (N-methyl/N-ethyl adjacent to an activating group) is 1. The Bertz CT molecular complexity index is 696. The largest absolute Gasteiger partial charge is 0.449 e. The molecule has 0 spiro atoms. The van der Waals surface area contributed by atoms with Crippen LogP contribution in [0.1, 0.15) is 5.69 Å². The fraction of sp³-hybridized carbons (Fsp3) is 0.0667. The van der Waals surface area contributed by atoms with Crippen molar-refractivity contribution in [3.8, 4) is 5.75 Å². The van der Waals surface area contributed by atoms with Crippen molar-refractivity contribution >= 4 is 23.4 Å². The van der Waals surface area contributed by atoms with E-state index >= 15 is 0 Å². The number of aromatic nitrogens is 1. The van der Waals surface area contributed by atoms with Crippen LogP contribution in [0, 0.1) is 0 Å². The van der Waals surface area contributed by atoms with Gasteiger partial charge in [0.25, 0.3) is 5.91 Å². The lowest BCUT2D eigenvalue weighted by molar-refractivity contribution is -0.117. The van der Waals surface area contributed by atoms with Crippen LogP contribution in [-0.4, -0.2) is 17.9 Å². The summed E-state index contributed by atoms with van der Waals surface area (Å²) in [6.45, 7) is 0. The zero-order valence-corrected chi connectivity index (χ0v) is 10.9. The number of hydrogen-bond acceptors (Lipinski definition) is 4. The van der Waals surface area contributed by atoms with E-state index in [1.54, 1.807) is 37.5 Å². The molecule has 0 atom stereocenters. The summed E-state index contributed by atoms with van der Waals surface area (Å²) in [7, 11) is 1.69. The molecule has 5 heteroatoms. The summed E-state index contributed by atoms with van der Waals surface area (Å²) in [4.78, 5) is 17.9. The van der Waals surface area contributed by atoms with Crippen molar-refractivity contribution < 1.29 is 9.53 Å². The van der Waals surface area contributed by atoms with Gasteiger partial charge in [0.05, 0.1) is 11.4 Å². The molecule has 100 valence electrons. The molecule has 1 aromatic carbocycles. The average Bonchev–Trinajstić information content (AvgIpc) is 2.46. The minimum Gasteiger partial charge on any atom is -0.449 e. The van der Waals surface area contributed by atoms with Gasteiger partial charge in [-0.1, -0.05) is 6.07 Å². The van der Waals surface area contributed by atoms with E-state index in [-0.39, 0.29) is 11.7 Å². The van der Waals surface area contributed by atoms with E-state index in [4.69, 9.17) is 10.5 Å². The first-order chi connectivity index (χ1) is 9.65. The van der Waals surface area contributed by atoms with E-state index in [1.807, 2.05) is 18.2 Å². The summed E-state index contributed by atoms with van der Waals surface area (Å²) in [5.41, 5.74) is 7.65. The van der Waals surface area contributed by atoms with Gasteiger partial charge in [-0.05, 0) is 30.3 Å². The predicted octanol–water partition coefficient (Wildman–Crippen LogP) is 2.06. The topological polar surface area (TPSA) is 68.5 Å². The maximum absolute atomic E-state index is 12.3.